The molecular weight excluding hydrogens is 179 g/mol. The highest BCUT2D eigenvalue weighted by Gasteiger charge is 2.19. The Morgan fingerprint density at radius 2 is 1.86 bits per heavy atom. The molecule has 0 saturated carbocycles. The van der Waals surface area contributed by atoms with E-state index in [1.54, 1.807) is 6.07 Å². The van der Waals surface area contributed by atoms with E-state index >= 15 is 0 Å². The Hall–Kier alpha value is -0.890. The SMILES string of the molecule is CC(C)C(O)C(C)c1cccc(F)c1. The molecule has 2 atom stereocenters. The fourth-order valence-corrected chi connectivity index (χ4v) is 1.56. The minimum absolute atomic E-state index is 0.0225. The molecule has 2 heteroatoms. The lowest BCUT2D eigenvalue weighted by atomic mass is 9.89. The van der Waals surface area contributed by atoms with Gasteiger partial charge in [-0.3, -0.25) is 0 Å². The molecule has 1 N–H and O–H groups in total. The number of halogens is 1. The van der Waals surface area contributed by atoms with E-state index in [-0.39, 0.29) is 17.7 Å². The van der Waals surface area contributed by atoms with E-state index in [9.17, 15) is 9.50 Å². The van der Waals surface area contributed by atoms with Gasteiger partial charge in [0.25, 0.3) is 0 Å². The van der Waals surface area contributed by atoms with Crippen LogP contribution in [0.4, 0.5) is 4.39 Å². The van der Waals surface area contributed by atoms with Gasteiger partial charge in [-0.05, 0) is 23.6 Å². The number of hydrogen-bond donors (Lipinski definition) is 1. The predicted octanol–water partition coefficient (Wildman–Crippen LogP) is 2.95. The normalized spacial score (nSPS) is 15.6. The molecule has 0 fully saturated rings. The van der Waals surface area contributed by atoms with E-state index in [1.807, 2.05) is 26.8 Å². The monoisotopic (exact) mass is 196 g/mol. The quantitative estimate of drug-likeness (QED) is 0.788. The van der Waals surface area contributed by atoms with E-state index in [0.29, 0.717) is 0 Å². The van der Waals surface area contributed by atoms with Crippen molar-refractivity contribution in [2.75, 3.05) is 0 Å². The van der Waals surface area contributed by atoms with Crippen molar-refractivity contribution >= 4 is 0 Å². The smallest absolute Gasteiger partial charge is 0.123 e. The van der Waals surface area contributed by atoms with Crippen LogP contribution < -0.4 is 0 Å². The number of aliphatic hydroxyl groups excluding tert-OH is 1. The van der Waals surface area contributed by atoms with Gasteiger partial charge >= 0.3 is 0 Å². The highest BCUT2D eigenvalue weighted by Crippen LogP contribution is 2.24. The van der Waals surface area contributed by atoms with E-state index in [0.717, 1.165) is 5.56 Å². The molecule has 0 bridgehead atoms. The first-order valence-corrected chi connectivity index (χ1v) is 4.96. The van der Waals surface area contributed by atoms with Crippen LogP contribution >= 0.6 is 0 Å². The van der Waals surface area contributed by atoms with Crippen LogP contribution in [0.5, 0.6) is 0 Å². The van der Waals surface area contributed by atoms with E-state index < -0.39 is 6.10 Å². The molecule has 1 aromatic rings. The zero-order valence-electron chi connectivity index (χ0n) is 8.87. The number of benzene rings is 1. The van der Waals surface area contributed by atoms with Gasteiger partial charge in [-0.25, -0.2) is 4.39 Å². The van der Waals surface area contributed by atoms with Crippen molar-refractivity contribution in [2.24, 2.45) is 5.92 Å². The molecule has 2 unspecified atom stereocenters. The zero-order chi connectivity index (χ0) is 10.7. The van der Waals surface area contributed by atoms with Gasteiger partial charge < -0.3 is 5.11 Å². The molecule has 1 nitrogen and oxygen atoms in total. The number of hydrogen-bond acceptors (Lipinski definition) is 1. The summed E-state index contributed by atoms with van der Waals surface area (Å²) in [5.74, 6) is -0.0794. The van der Waals surface area contributed by atoms with Crippen LogP contribution in [0, 0.1) is 11.7 Å². The van der Waals surface area contributed by atoms with Crippen molar-refractivity contribution in [3.63, 3.8) is 0 Å². The maximum atomic E-state index is 12.9. The van der Waals surface area contributed by atoms with Gasteiger partial charge in [0.15, 0.2) is 0 Å². The lowest BCUT2D eigenvalue weighted by molar-refractivity contribution is 0.102. The Kier molecular flexibility index (Phi) is 3.64. The largest absolute Gasteiger partial charge is 0.392 e. The van der Waals surface area contributed by atoms with Crippen LogP contribution in [0.1, 0.15) is 32.3 Å². The zero-order valence-corrected chi connectivity index (χ0v) is 8.87. The molecule has 0 spiro atoms. The molecule has 1 rings (SSSR count). The second kappa shape index (κ2) is 4.56. The second-order valence-corrected chi connectivity index (χ2v) is 4.08. The van der Waals surface area contributed by atoms with Crippen molar-refractivity contribution in [3.8, 4) is 0 Å². The lowest BCUT2D eigenvalue weighted by Crippen LogP contribution is -2.22. The summed E-state index contributed by atoms with van der Waals surface area (Å²) in [6, 6.07) is 6.42. The topological polar surface area (TPSA) is 20.2 Å². The summed E-state index contributed by atoms with van der Waals surface area (Å²) in [7, 11) is 0. The van der Waals surface area contributed by atoms with Crippen LogP contribution in [-0.4, -0.2) is 11.2 Å². The summed E-state index contributed by atoms with van der Waals surface area (Å²) in [4.78, 5) is 0. The molecule has 0 saturated heterocycles. The predicted molar refractivity (Wildman–Crippen MR) is 55.7 cm³/mol. The summed E-state index contributed by atoms with van der Waals surface area (Å²) in [5.41, 5.74) is 0.853. The maximum Gasteiger partial charge on any atom is 0.123 e. The Morgan fingerprint density at radius 3 is 2.36 bits per heavy atom. The van der Waals surface area contributed by atoms with E-state index in [2.05, 4.69) is 0 Å². The molecule has 0 heterocycles. The van der Waals surface area contributed by atoms with Gasteiger partial charge in [-0.2, -0.15) is 0 Å². The van der Waals surface area contributed by atoms with Gasteiger partial charge in [0.2, 0.25) is 0 Å². The van der Waals surface area contributed by atoms with Crippen LogP contribution in [0.25, 0.3) is 0 Å². The van der Waals surface area contributed by atoms with Crippen LogP contribution in [0.3, 0.4) is 0 Å². The van der Waals surface area contributed by atoms with Crippen LogP contribution in [0.2, 0.25) is 0 Å². The van der Waals surface area contributed by atoms with Gasteiger partial charge in [0.1, 0.15) is 5.82 Å². The summed E-state index contributed by atoms with van der Waals surface area (Å²) < 4.78 is 12.9. The van der Waals surface area contributed by atoms with E-state index in [4.69, 9.17) is 0 Å². The average Bonchev–Trinajstić information content (AvgIpc) is 2.15. The van der Waals surface area contributed by atoms with Crippen molar-refractivity contribution in [1.29, 1.82) is 0 Å². The van der Waals surface area contributed by atoms with Crippen LogP contribution in [-0.2, 0) is 0 Å². The first-order valence-electron chi connectivity index (χ1n) is 4.96. The fraction of sp³-hybridized carbons (Fsp3) is 0.500. The molecule has 14 heavy (non-hydrogen) atoms. The van der Waals surface area contributed by atoms with Gasteiger partial charge in [0.05, 0.1) is 6.10 Å². The van der Waals surface area contributed by atoms with Crippen molar-refractivity contribution in [1.82, 2.24) is 0 Å². The first-order chi connectivity index (χ1) is 6.52. The Balaban J connectivity index is 2.83. The molecule has 0 aliphatic carbocycles. The third-order valence-corrected chi connectivity index (χ3v) is 2.57. The molecule has 0 radical (unpaired) electrons. The molecule has 0 amide bonds. The lowest BCUT2D eigenvalue weighted by Gasteiger charge is -2.22. The highest BCUT2D eigenvalue weighted by atomic mass is 19.1. The molecule has 78 valence electrons. The molecule has 0 aromatic heterocycles. The van der Waals surface area contributed by atoms with Crippen molar-refractivity contribution < 1.29 is 9.50 Å². The standard InChI is InChI=1S/C12H17FO/c1-8(2)12(14)9(3)10-5-4-6-11(13)7-10/h4-9,12,14H,1-3H3. The van der Waals surface area contributed by atoms with Gasteiger partial charge in [-0.1, -0.05) is 32.9 Å². The Morgan fingerprint density at radius 1 is 1.21 bits per heavy atom. The van der Waals surface area contributed by atoms with Crippen molar-refractivity contribution in [2.45, 2.75) is 32.8 Å². The summed E-state index contributed by atoms with van der Waals surface area (Å²) in [5, 5.41) is 9.82. The van der Waals surface area contributed by atoms with Crippen LogP contribution in [0.15, 0.2) is 24.3 Å². The molecule has 1 aromatic carbocycles. The minimum atomic E-state index is -0.420. The highest BCUT2D eigenvalue weighted by molar-refractivity contribution is 5.21. The summed E-state index contributed by atoms with van der Waals surface area (Å²) >= 11 is 0. The first kappa shape index (κ1) is 11.2. The van der Waals surface area contributed by atoms with Gasteiger partial charge in [0, 0.05) is 5.92 Å². The summed E-state index contributed by atoms with van der Waals surface area (Å²) in [6.07, 6.45) is -0.420. The minimum Gasteiger partial charge on any atom is -0.392 e. The summed E-state index contributed by atoms with van der Waals surface area (Å²) in [6.45, 7) is 5.83. The fourth-order valence-electron chi connectivity index (χ4n) is 1.56. The third-order valence-electron chi connectivity index (χ3n) is 2.57. The van der Waals surface area contributed by atoms with Crippen molar-refractivity contribution in [3.05, 3.63) is 35.6 Å². The second-order valence-electron chi connectivity index (χ2n) is 4.08. The molecule has 0 aliphatic rings. The number of aliphatic hydroxyl groups is 1. The third kappa shape index (κ3) is 2.55. The Labute approximate surface area is 84.6 Å². The maximum absolute atomic E-state index is 12.9. The Bertz CT molecular complexity index is 296. The molecular formula is C12H17FO. The average molecular weight is 196 g/mol. The van der Waals surface area contributed by atoms with Gasteiger partial charge in [-0.15, -0.1) is 0 Å². The molecule has 0 aliphatic heterocycles. The van der Waals surface area contributed by atoms with E-state index in [1.165, 1.54) is 12.1 Å². The number of rotatable bonds is 3.